The lowest BCUT2D eigenvalue weighted by atomic mass is 10.3. The predicted molar refractivity (Wildman–Crippen MR) is 65.6 cm³/mol. The SMILES string of the molecule is NC(=O)c1ccsc1NS(=O)(=O)CCCCl. The van der Waals surface area contributed by atoms with Gasteiger partial charge in [0.25, 0.3) is 5.91 Å². The molecule has 0 atom stereocenters. The molecule has 3 N–H and O–H groups in total. The molecule has 0 aliphatic carbocycles. The number of primary amides is 1. The Morgan fingerprint density at radius 1 is 1.56 bits per heavy atom. The number of nitrogens with two attached hydrogens (primary N) is 1. The molecule has 1 aromatic heterocycles. The lowest BCUT2D eigenvalue weighted by Crippen LogP contribution is -2.19. The van der Waals surface area contributed by atoms with Gasteiger partial charge in [0, 0.05) is 5.88 Å². The second-order valence-electron chi connectivity index (χ2n) is 2.99. The fourth-order valence-electron chi connectivity index (χ4n) is 1.02. The van der Waals surface area contributed by atoms with E-state index in [0.717, 1.165) is 11.3 Å². The minimum absolute atomic E-state index is 0.0768. The van der Waals surface area contributed by atoms with Crippen molar-refractivity contribution in [3.63, 3.8) is 0 Å². The fraction of sp³-hybridized carbons (Fsp3) is 0.375. The molecular weight excluding hydrogens is 272 g/mol. The maximum absolute atomic E-state index is 11.5. The quantitative estimate of drug-likeness (QED) is 0.769. The average molecular weight is 283 g/mol. The van der Waals surface area contributed by atoms with Gasteiger partial charge in [0.1, 0.15) is 5.00 Å². The lowest BCUT2D eigenvalue weighted by Gasteiger charge is -2.06. The molecule has 1 heterocycles. The number of halogens is 1. The molecule has 0 saturated heterocycles. The van der Waals surface area contributed by atoms with Crippen molar-refractivity contribution in [3.05, 3.63) is 17.0 Å². The minimum Gasteiger partial charge on any atom is -0.366 e. The maximum atomic E-state index is 11.5. The highest BCUT2D eigenvalue weighted by atomic mass is 35.5. The molecule has 0 bridgehead atoms. The summed E-state index contributed by atoms with van der Waals surface area (Å²) in [6.45, 7) is 0. The van der Waals surface area contributed by atoms with Crippen molar-refractivity contribution < 1.29 is 13.2 Å². The number of rotatable bonds is 6. The van der Waals surface area contributed by atoms with Crippen LogP contribution in [0.2, 0.25) is 0 Å². The third kappa shape index (κ3) is 3.66. The second kappa shape index (κ2) is 5.51. The van der Waals surface area contributed by atoms with Crippen molar-refractivity contribution in [1.82, 2.24) is 0 Å². The number of hydrogen-bond acceptors (Lipinski definition) is 4. The van der Waals surface area contributed by atoms with Crippen LogP contribution < -0.4 is 10.5 Å². The van der Waals surface area contributed by atoms with Crippen molar-refractivity contribution in [1.29, 1.82) is 0 Å². The molecule has 0 fully saturated rings. The summed E-state index contributed by atoms with van der Waals surface area (Å²) in [4.78, 5) is 11.0. The molecule has 0 saturated carbocycles. The smallest absolute Gasteiger partial charge is 0.251 e. The largest absolute Gasteiger partial charge is 0.366 e. The molecule has 0 spiro atoms. The van der Waals surface area contributed by atoms with E-state index in [0.29, 0.717) is 6.42 Å². The van der Waals surface area contributed by atoms with Crippen molar-refractivity contribution in [2.45, 2.75) is 6.42 Å². The molecule has 16 heavy (non-hydrogen) atoms. The molecule has 1 rings (SSSR count). The van der Waals surface area contributed by atoms with E-state index in [1.165, 1.54) is 6.07 Å². The summed E-state index contributed by atoms with van der Waals surface area (Å²) in [5.74, 6) is -0.461. The summed E-state index contributed by atoms with van der Waals surface area (Å²) >= 11 is 6.52. The van der Waals surface area contributed by atoms with E-state index in [1.807, 2.05) is 0 Å². The van der Waals surface area contributed by atoms with Gasteiger partial charge in [-0.2, -0.15) is 0 Å². The Kier molecular flexibility index (Phi) is 4.57. The van der Waals surface area contributed by atoms with E-state index in [9.17, 15) is 13.2 Å². The molecule has 0 radical (unpaired) electrons. The van der Waals surface area contributed by atoms with Gasteiger partial charge in [0.05, 0.1) is 11.3 Å². The van der Waals surface area contributed by atoms with E-state index < -0.39 is 15.9 Å². The van der Waals surface area contributed by atoms with Gasteiger partial charge in [0.2, 0.25) is 10.0 Å². The molecule has 0 aliphatic heterocycles. The lowest BCUT2D eigenvalue weighted by molar-refractivity contribution is 0.100. The first kappa shape index (κ1) is 13.3. The van der Waals surface area contributed by atoms with E-state index >= 15 is 0 Å². The molecule has 5 nitrogen and oxygen atoms in total. The van der Waals surface area contributed by atoms with Gasteiger partial charge in [-0.15, -0.1) is 22.9 Å². The van der Waals surface area contributed by atoms with Crippen molar-refractivity contribution in [2.75, 3.05) is 16.4 Å². The third-order valence-electron chi connectivity index (χ3n) is 1.73. The van der Waals surface area contributed by atoms with Gasteiger partial charge in [-0.1, -0.05) is 0 Å². The molecule has 0 aliphatic rings. The van der Waals surface area contributed by atoms with E-state index in [-0.39, 0.29) is 22.2 Å². The van der Waals surface area contributed by atoms with E-state index in [1.54, 1.807) is 5.38 Å². The fourth-order valence-corrected chi connectivity index (χ4v) is 3.54. The summed E-state index contributed by atoms with van der Waals surface area (Å²) in [5.41, 5.74) is 5.27. The van der Waals surface area contributed by atoms with Crippen LogP contribution in [-0.2, 0) is 10.0 Å². The first-order chi connectivity index (χ1) is 7.46. The Morgan fingerprint density at radius 2 is 2.25 bits per heavy atom. The zero-order valence-corrected chi connectivity index (χ0v) is 10.7. The van der Waals surface area contributed by atoms with Gasteiger partial charge in [-0.3, -0.25) is 9.52 Å². The minimum atomic E-state index is -3.45. The summed E-state index contributed by atoms with van der Waals surface area (Å²) in [5, 5.41) is 1.85. The van der Waals surface area contributed by atoms with Gasteiger partial charge in [-0.25, -0.2) is 8.42 Å². The van der Waals surface area contributed by atoms with Crippen LogP contribution in [0.25, 0.3) is 0 Å². The summed E-state index contributed by atoms with van der Waals surface area (Å²) in [7, 11) is -3.45. The highest BCUT2D eigenvalue weighted by molar-refractivity contribution is 7.92. The van der Waals surface area contributed by atoms with Crippen LogP contribution >= 0.6 is 22.9 Å². The Labute approximate surface area is 103 Å². The van der Waals surface area contributed by atoms with Crippen molar-refractivity contribution >= 4 is 43.9 Å². The van der Waals surface area contributed by atoms with Crippen LogP contribution in [0.3, 0.4) is 0 Å². The predicted octanol–water partition coefficient (Wildman–Crippen LogP) is 1.22. The summed E-state index contributed by atoms with van der Waals surface area (Å²) in [6.07, 6.45) is 0.355. The van der Waals surface area contributed by atoms with Crippen LogP contribution in [0.4, 0.5) is 5.00 Å². The Bertz CT molecular complexity index is 469. The number of hydrogen-bond donors (Lipinski definition) is 2. The van der Waals surface area contributed by atoms with Crippen LogP contribution in [0.15, 0.2) is 11.4 Å². The Hall–Kier alpha value is -0.790. The number of carbonyl (C=O) groups excluding carboxylic acids is 1. The number of thiophene rings is 1. The number of carbonyl (C=O) groups is 1. The Morgan fingerprint density at radius 3 is 2.81 bits per heavy atom. The highest BCUT2D eigenvalue weighted by Gasteiger charge is 2.16. The number of anilines is 1. The molecule has 0 unspecified atom stereocenters. The maximum Gasteiger partial charge on any atom is 0.251 e. The zero-order valence-electron chi connectivity index (χ0n) is 8.27. The highest BCUT2D eigenvalue weighted by Crippen LogP contribution is 2.23. The monoisotopic (exact) mass is 282 g/mol. The number of sulfonamides is 1. The molecule has 8 heteroatoms. The first-order valence-corrected chi connectivity index (χ1v) is 7.46. The molecule has 90 valence electrons. The number of nitrogens with one attached hydrogen (secondary N) is 1. The van der Waals surface area contributed by atoms with Gasteiger partial charge >= 0.3 is 0 Å². The molecule has 1 aromatic rings. The molecule has 0 aromatic carbocycles. The second-order valence-corrected chi connectivity index (χ2v) is 6.13. The van der Waals surface area contributed by atoms with E-state index in [4.69, 9.17) is 17.3 Å². The van der Waals surface area contributed by atoms with Crippen LogP contribution in [0.5, 0.6) is 0 Å². The third-order valence-corrected chi connectivity index (χ3v) is 4.29. The molecular formula is C8H11ClN2O3S2. The zero-order chi connectivity index (χ0) is 12.2. The number of alkyl halides is 1. The standard InChI is InChI=1S/C8H11ClN2O3S2/c9-3-1-5-16(13,14)11-8-6(7(10)12)2-4-15-8/h2,4,11H,1,3,5H2,(H2,10,12). The van der Waals surface area contributed by atoms with Crippen LogP contribution in [0.1, 0.15) is 16.8 Å². The normalized spacial score (nSPS) is 11.3. The van der Waals surface area contributed by atoms with Crippen molar-refractivity contribution in [2.24, 2.45) is 5.73 Å². The summed E-state index contributed by atoms with van der Waals surface area (Å²) < 4.78 is 25.3. The molecule has 1 amide bonds. The van der Waals surface area contributed by atoms with Crippen molar-refractivity contribution in [3.8, 4) is 0 Å². The average Bonchev–Trinajstić information content (AvgIpc) is 2.62. The topological polar surface area (TPSA) is 89.3 Å². The first-order valence-electron chi connectivity index (χ1n) is 4.40. The van der Waals surface area contributed by atoms with E-state index in [2.05, 4.69) is 4.72 Å². The summed E-state index contributed by atoms with van der Waals surface area (Å²) in [6, 6.07) is 1.48. The van der Waals surface area contributed by atoms with Gasteiger partial charge < -0.3 is 5.73 Å². The number of amides is 1. The van der Waals surface area contributed by atoms with Crippen LogP contribution in [-0.4, -0.2) is 26.0 Å². The van der Waals surface area contributed by atoms with Gasteiger partial charge in [-0.05, 0) is 17.9 Å². The van der Waals surface area contributed by atoms with Crippen LogP contribution in [0, 0.1) is 0 Å². The Balaban J connectivity index is 2.80. The van der Waals surface area contributed by atoms with Gasteiger partial charge in [0.15, 0.2) is 0 Å².